The van der Waals surface area contributed by atoms with Crippen molar-refractivity contribution in [1.82, 2.24) is 30.1 Å². The lowest BCUT2D eigenvalue weighted by Gasteiger charge is -2.20. The van der Waals surface area contributed by atoms with Crippen molar-refractivity contribution in [2.45, 2.75) is 38.5 Å². The van der Waals surface area contributed by atoms with Crippen LogP contribution in [-0.4, -0.2) is 36.0 Å². The van der Waals surface area contributed by atoms with Crippen molar-refractivity contribution in [3.05, 3.63) is 79.5 Å². The average Bonchev–Trinajstić information content (AvgIpc) is 3.62. The summed E-state index contributed by atoms with van der Waals surface area (Å²) >= 11 is 0. The molecule has 0 atom stereocenters. The van der Waals surface area contributed by atoms with Gasteiger partial charge in [-0.3, -0.25) is 24.8 Å². The summed E-state index contributed by atoms with van der Waals surface area (Å²) in [6.07, 6.45) is 15.5. The van der Waals surface area contributed by atoms with Crippen LogP contribution < -0.4 is 5.32 Å². The zero-order chi connectivity index (χ0) is 26.9. The van der Waals surface area contributed by atoms with Crippen molar-refractivity contribution in [2.24, 2.45) is 5.92 Å². The fourth-order valence-corrected chi connectivity index (χ4v) is 5.86. The normalized spacial score (nSPS) is 14.1. The highest BCUT2D eigenvalue weighted by molar-refractivity contribution is 6.01. The molecule has 0 unspecified atom stereocenters. The number of benzene rings is 1. The van der Waals surface area contributed by atoms with Crippen molar-refractivity contribution in [3.63, 3.8) is 0 Å². The summed E-state index contributed by atoms with van der Waals surface area (Å²) in [7, 11) is 0. The second-order valence-electron chi connectivity index (χ2n) is 10.6. The van der Waals surface area contributed by atoms with Crippen LogP contribution in [0.5, 0.6) is 0 Å². The number of rotatable bonds is 6. The van der Waals surface area contributed by atoms with E-state index in [-0.39, 0.29) is 5.91 Å². The van der Waals surface area contributed by atoms with Gasteiger partial charge in [-0.15, -0.1) is 0 Å². The maximum atomic E-state index is 12.7. The molecule has 0 bridgehead atoms. The number of nitrogens with zero attached hydrogens (tertiary/aromatic N) is 4. The van der Waals surface area contributed by atoms with E-state index in [0.717, 1.165) is 68.4 Å². The number of H-pyrrole nitrogens is 2. The Morgan fingerprint density at radius 1 is 0.875 bits per heavy atom. The van der Waals surface area contributed by atoms with Gasteiger partial charge in [0.25, 0.3) is 0 Å². The quantitative estimate of drug-likeness (QED) is 0.213. The number of aromatic nitrogens is 6. The second kappa shape index (κ2) is 10.4. The Bertz CT molecular complexity index is 1820. The number of anilines is 1. The largest absolute Gasteiger partial charge is 0.353 e. The topological polar surface area (TPSA) is 112 Å². The molecule has 198 valence electrons. The lowest BCUT2D eigenvalue weighted by Crippen LogP contribution is -2.18. The summed E-state index contributed by atoms with van der Waals surface area (Å²) in [5.41, 5.74) is 8.16. The van der Waals surface area contributed by atoms with E-state index in [9.17, 15) is 4.79 Å². The molecule has 3 N–H and O–H groups in total. The van der Waals surface area contributed by atoms with Crippen molar-refractivity contribution >= 4 is 33.4 Å². The third-order valence-electron chi connectivity index (χ3n) is 7.87. The van der Waals surface area contributed by atoms with Crippen LogP contribution >= 0.6 is 0 Å². The standard InChI is InChI=1S/C32H29N7O/c40-31(13-20-5-2-1-3-6-20)36-23-14-22(17-34-18-23)28-16-26-30(19-35-28)38-39-32(26)29-15-25-24(7-4-8-27(25)37-29)21-9-11-33-12-10-21/h4,7-12,14-20,37H,1-3,5-6,13H2,(H,36,40)(H,38,39). The lowest BCUT2D eigenvalue weighted by atomic mass is 9.87. The molecule has 0 spiro atoms. The Kier molecular flexibility index (Phi) is 6.28. The van der Waals surface area contributed by atoms with E-state index in [1.807, 2.05) is 36.7 Å². The van der Waals surface area contributed by atoms with Gasteiger partial charge in [0.1, 0.15) is 5.69 Å². The first kappa shape index (κ1) is 24.2. The summed E-state index contributed by atoms with van der Waals surface area (Å²) < 4.78 is 0. The fourth-order valence-electron chi connectivity index (χ4n) is 5.86. The number of fused-ring (bicyclic) bond motifs is 2. The van der Waals surface area contributed by atoms with Crippen molar-refractivity contribution < 1.29 is 4.79 Å². The molecule has 5 heterocycles. The molecule has 6 aromatic rings. The molecule has 1 fully saturated rings. The van der Waals surface area contributed by atoms with Gasteiger partial charge >= 0.3 is 0 Å². The number of carbonyl (C=O) groups is 1. The first-order valence-electron chi connectivity index (χ1n) is 13.8. The van der Waals surface area contributed by atoms with E-state index in [4.69, 9.17) is 0 Å². The summed E-state index contributed by atoms with van der Waals surface area (Å²) in [4.78, 5) is 29.4. The molecule has 40 heavy (non-hydrogen) atoms. The third kappa shape index (κ3) is 4.73. The Balaban J connectivity index is 1.19. The lowest BCUT2D eigenvalue weighted by molar-refractivity contribution is -0.117. The number of hydrogen-bond donors (Lipinski definition) is 3. The van der Waals surface area contributed by atoms with Gasteiger partial charge < -0.3 is 10.3 Å². The number of amides is 1. The van der Waals surface area contributed by atoms with Crippen LogP contribution in [0.4, 0.5) is 5.69 Å². The van der Waals surface area contributed by atoms with Crippen LogP contribution in [-0.2, 0) is 4.79 Å². The number of nitrogens with one attached hydrogen (secondary N) is 3. The molecule has 0 aliphatic heterocycles. The van der Waals surface area contributed by atoms with E-state index in [0.29, 0.717) is 18.0 Å². The van der Waals surface area contributed by atoms with Gasteiger partial charge in [0.15, 0.2) is 0 Å². The Morgan fingerprint density at radius 3 is 2.62 bits per heavy atom. The summed E-state index contributed by atoms with van der Waals surface area (Å²) in [5, 5.41) is 12.9. The number of carbonyl (C=O) groups excluding carboxylic acids is 1. The van der Waals surface area contributed by atoms with Crippen molar-refractivity contribution in [2.75, 3.05) is 5.32 Å². The first-order chi connectivity index (χ1) is 19.7. The predicted octanol–water partition coefficient (Wildman–Crippen LogP) is 7.14. The van der Waals surface area contributed by atoms with E-state index < -0.39 is 0 Å². The smallest absolute Gasteiger partial charge is 0.224 e. The van der Waals surface area contributed by atoms with E-state index >= 15 is 0 Å². The molecule has 0 saturated heterocycles. The molecular weight excluding hydrogens is 498 g/mol. The maximum absolute atomic E-state index is 12.7. The van der Waals surface area contributed by atoms with Crippen LogP contribution in [0.25, 0.3) is 55.6 Å². The molecule has 5 aromatic heterocycles. The minimum Gasteiger partial charge on any atom is -0.353 e. The SMILES string of the molecule is O=C(CC1CCCCC1)Nc1cncc(-c2cc3c(-c4cc5c(-c6ccncc6)cccc5[nH]4)n[nH]c3cn2)c1. The molecule has 7 rings (SSSR count). The van der Waals surface area contributed by atoms with E-state index in [1.165, 1.54) is 19.3 Å². The Morgan fingerprint density at radius 2 is 1.75 bits per heavy atom. The van der Waals surface area contributed by atoms with Crippen molar-refractivity contribution in [3.8, 4) is 33.8 Å². The van der Waals surface area contributed by atoms with Crippen LogP contribution in [0.15, 0.2) is 79.5 Å². The zero-order valence-electron chi connectivity index (χ0n) is 22.0. The molecule has 1 aromatic carbocycles. The number of aromatic amines is 2. The highest BCUT2D eigenvalue weighted by Crippen LogP contribution is 2.35. The maximum Gasteiger partial charge on any atom is 0.224 e. The van der Waals surface area contributed by atoms with Crippen molar-refractivity contribution in [1.29, 1.82) is 0 Å². The highest BCUT2D eigenvalue weighted by Gasteiger charge is 2.18. The second-order valence-corrected chi connectivity index (χ2v) is 10.6. The predicted molar refractivity (Wildman–Crippen MR) is 157 cm³/mol. The third-order valence-corrected chi connectivity index (χ3v) is 7.87. The van der Waals surface area contributed by atoms with Gasteiger partial charge in [0, 0.05) is 46.9 Å². The van der Waals surface area contributed by atoms with Gasteiger partial charge in [-0.25, -0.2) is 0 Å². The van der Waals surface area contributed by atoms with Gasteiger partial charge in [-0.1, -0.05) is 31.4 Å². The minimum atomic E-state index is 0.0522. The summed E-state index contributed by atoms with van der Waals surface area (Å²) in [6, 6.07) is 16.4. The molecular formula is C32H29N7O. The fraction of sp³-hybridized carbons (Fsp3) is 0.219. The molecule has 1 aliphatic carbocycles. The van der Waals surface area contributed by atoms with Crippen LogP contribution in [0.3, 0.4) is 0 Å². The average molecular weight is 528 g/mol. The molecule has 0 radical (unpaired) electrons. The Labute approximate surface area is 231 Å². The monoisotopic (exact) mass is 527 g/mol. The van der Waals surface area contributed by atoms with Crippen LogP contribution in [0.2, 0.25) is 0 Å². The Hall–Kier alpha value is -4.85. The highest BCUT2D eigenvalue weighted by atomic mass is 16.1. The molecule has 1 aliphatic rings. The summed E-state index contributed by atoms with van der Waals surface area (Å²) in [6.45, 7) is 0. The zero-order valence-corrected chi connectivity index (χ0v) is 22.0. The van der Waals surface area contributed by atoms with Gasteiger partial charge in [-0.2, -0.15) is 5.10 Å². The van der Waals surface area contributed by atoms with Crippen LogP contribution in [0, 0.1) is 5.92 Å². The van der Waals surface area contributed by atoms with Gasteiger partial charge in [0.05, 0.1) is 35.0 Å². The first-order valence-corrected chi connectivity index (χ1v) is 13.8. The molecule has 1 saturated carbocycles. The molecule has 1 amide bonds. The minimum absolute atomic E-state index is 0.0522. The molecule has 8 nitrogen and oxygen atoms in total. The molecule has 8 heteroatoms. The number of pyridine rings is 3. The van der Waals surface area contributed by atoms with Crippen LogP contribution in [0.1, 0.15) is 38.5 Å². The van der Waals surface area contributed by atoms with Gasteiger partial charge in [0.2, 0.25) is 5.91 Å². The summed E-state index contributed by atoms with van der Waals surface area (Å²) in [5.74, 6) is 0.537. The van der Waals surface area contributed by atoms with E-state index in [1.54, 1.807) is 18.6 Å². The van der Waals surface area contributed by atoms with Gasteiger partial charge in [-0.05, 0) is 66.3 Å². The number of hydrogen-bond acceptors (Lipinski definition) is 5. The van der Waals surface area contributed by atoms with E-state index in [2.05, 4.69) is 59.7 Å².